The zero-order valence-electron chi connectivity index (χ0n) is 11.5. The number of carbonyl (C=O) groups excluding carboxylic acids is 1. The van der Waals surface area contributed by atoms with Gasteiger partial charge in [-0.1, -0.05) is 0 Å². The van der Waals surface area contributed by atoms with E-state index in [4.69, 9.17) is 0 Å². The van der Waals surface area contributed by atoms with Crippen molar-refractivity contribution in [1.82, 2.24) is 0 Å². The van der Waals surface area contributed by atoms with Crippen LogP contribution < -0.4 is 0 Å². The van der Waals surface area contributed by atoms with Crippen LogP contribution in [0.25, 0.3) is 0 Å². The van der Waals surface area contributed by atoms with Gasteiger partial charge in [-0.15, -0.1) is 47.0 Å². The van der Waals surface area contributed by atoms with E-state index in [1.165, 1.54) is 24.9 Å². The second kappa shape index (κ2) is 8.48. The van der Waals surface area contributed by atoms with Crippen LogP contribution in [-0.4, -0.2) is 43.6 Å². The normalized spacial score (nSPS) is 23.6. The molecule has 0 aromatic heterocycles. The van der Waals surface area contributed by atoms with Gasteiger partial charge in [-0.05, 0) is 49.7 Å². The number of hydrogen-bond donors (Lipinski definition) is 0. The van der Waals surface area contributed by atoms with Crippen LogP contribution in [0.2, 0.25) is 0 Å². The highest BCUT2D eigenvalue weighted by Gasteiger charge is 2.51. The minimum atomic E-state index is -4.70. The Morgan fingerprint density at radius 2 is 1.50 bits per heavy atom. The molecule has 8 heteroatoms. The first-order valence-electron chi connectivity index (χ1n) is 6.38. The molecule has 0 aromatic carbocycles. The van der Waals surface area contributed by atoms with E-state index in [0.717, 1.165) is 34.5 Å². The lowest BCUT2D eigenvalue weighted by molar-refractivity contribution is -0.170. The van der Waals surface area contributed by atoms with Crippen LogP contribution >= 0.6 is 47.0 Å². The minimum Gasteiger partial charge on any atom is -0.287 e. The van der Waals surface area contributed by atoms with Crippen LogP contribution in [0.15, 0.2) is 0 Å². The molecule has 0 radical (unpaired) electrons. The molecule has 0 aliphatic carbocycles. The molecule has 0 atom stereocenters. The SMILES string of the molecule is CC1(C(=O)C(F)(F)F)SCCCS1.CC1SCCCS1. The predicted octanol–water partition coefficient (Wildman–Crippen LogP) is 4.91. The second-order valence-corrected chi connectivity index (χ2v) is 11.0. The van der Waals surface area contributed by atoms with Gasteiger partial charge in [0, 0.05) is 4.58 Å². The van der Waals surface area contributed by atoms with E-state index in [1.807, 2.05) is 0 Å². The predicted molar refractivity (Wildman–Crippen MR) is 88.0 cm³/mol. The van der Waals surface area contributed by atoms with Crippen molar-refractivity contribution in [3.63, 3.8) is 0 Å². The van der Waals surface area contributed by atoms with Gasteiger partial charge in [-0.25, -0.2) is 0 Å². The number of alkyl halides is 3. The standard InChI is InChI=1S/C7H9F3OS2.C5H10S2/c1-6(5(11)7(8,9)10)12-3-2-4-13-6;1-5-6-3-2-4-7-5/h2-4H2,1H3;5H,2-4H2,1H3. The van der Waals surface area contributed by atoms with Gasteiger partial charge in [0.25, 0.3) is 5.78 Å². The molecule has 2 saturated heterocycles. The highest BCUT2D eigenvalue weighted by atomic mass is 32.2. The van der Waals surface area contributed by atoms with Crippen LogP contribution in [-0.2, 0) is 4.79 Å². The third-order valence-electron chi connectivity index (χ3n) is 2.71. The largest absolute Gasteiger partial charge is 0.452 e. The van der Waals surface area contributed by atoms with E-state index in [0.29, 0.717) is 11.5 Å². The summed E-state index contributed by atoms with van der Waals surface area (Å²) in [6.45, 7) is 3.64. The van der Waals surface area contributed by atoms with Crippen molar-refractivity contribution >= 4 is 52.8 Å². The molecule has 0 saturated carbocycles. The molecule has 2 heterocycles. The smallest absolute Gasteiger partial charge is 0.287 e. The molecule has 118 valence electrons. The van der Waals surface area contributed by atoms with Crippen molar-refractivity contribution < 1.29 is 18.0 Å². The van der Waals surface area contributed by atoms with Crippen molar-refractivity contribution in [1.29, 1.82) is 0 Å². The van der Waals surface area contributed by atoms with E-state index in [2.05, 4.69) is 30.4 Å². The molecule has 0 spiro atoms. The fourth-order valence-corrected chi connectivity index (χ4v) is 6.93. The summed E-state index contributed by atoms with van der Waals surface area (Å²) in [6.07, 6.45) is -2.41. The number of ketones is 1. The molecule has 2 rings (SSSR count). The average Bonchev–Trinajstić information content (AvgIpc) is 2.39. The highest BCUT2D eigenvalue weighted by Crippen LogP contribution is 2.45. The maximum atomic E-state index is 12.1. The van der Waals surface area contributed by atoms with Gasteiger partial charge >= 0.3 is 6.18 Å². The maximum absolute atomic E-state index is 12.1. The van der Waals surface area contributed by atoms with Crippen LogP contribution in [0.1, 0.15) is 26.7 Å². The third-order valence-corrected chi connectivity index (χ3v) is 8.68. The summed E-state index contributed by atoms with van der Waals surface area (Å²) in [5.74, 6) is 2.41. The molecular weight excluding hydrogens is 345 g/mol. The Hall–Kier alpha value is 0.860. The quantitative estimate of drug-likeness (QED) is 0.656. The average molecular weight is 365 g/mol. The summed E-state index contributed by atoms with van der Waals surface area (Å²) < 4.78 is 35.9. The van der Waals surface area contributed by atoms with Crippen molar-refractivity contribution in [2.75, 3.05) is 23.0 Å². The molecule has 2 aliphatic rings. The molecule has 0 aromatic rings. The second-order valence-electron chi connectivity index (χ2n) is 4.49. The van der Waals surface area contributed by atoms with Crippen molar-refractivity contribution in [3.05, 3.63) is 0 Å². The first-order chi connectivity index (χ1) is 9.26. The van der Waals surface area contributed by atoms with Crippen molar-refractivity contribution in [2.24, 2.45) is 0 Å². The fraction of sp³-hybridized carbons (Fsp3) is 0.917. The van der Waals surface area contributed by atoms with Crippen molar-refractivity contribution in [2.45, 2.75) is 41.5 Å². The van der Waals surface area contributed by atoms with E-state index >= 15 is 0 Å². The zero-order chi connectivity index (χ0) is 15.2. The third kappa shape index (κ3) is 6.32. The lowest BCUT2D eigenvalue weighted by Gasteiger charge is -2.31. The molecule has 1 nitrogen and oxygen atoms in total. The summed E-state index contributed by atoms with van der Waals surface area (Å²) >= 11 is 6.35. The Morgan fingerprint density at radius 3 is 1.85 bits per heavy atom. The Balaban J connectivity index is 0.000000240. The van der Waals surface area contributed by atoms with Crippen molar-refractivity contribution in [3.8, 4) is 0 Å². The first-order valence-corrected chi connectivity index (χ1v) is 10.5. The molecular formula is C12H19F3OS4. The number of hydrogen-bond acceptors (Lipinski definition) is 5. The number of rotatable bonds is 1. The van der Waals surface area contributed by atoms with Crippen LogP contribution in [0, 0.1) is 0 Å². The first kappa shape index (κ1) is 18.9. The fourth-order valence-electron chi connectivity index (χ4n) is 1.63. The van der Waals surface area contributed by atoms with Gasteiger partial charge in [0.2, 0.25) is 0 Å². The number of Topliss-reactive ketones (excluding diaryl/α,β-unsaturated/α-hetero) is 1. The van der Waals surface area contributed by atoms with E-state index in [-0.39, 0.29) is 0 Å². The van der Waals surface area contributed by atoms with Gasteiger partial charge < -0.3 is 0 Å². The lowest BCUT2D eigenvalue weighted by Crippen LogP contribution is -2.41. The lowest BCUT2D eigenvalue weighted by atomic mass is 10.3. The van der Waals surface area contributed by atoms with Gasteiger partial charge in [-0.2, -0.15) is 13.2 Å². The zero-order valence-corrected chi connectivity index (χ0v) is 14.8. The topological polar surface area (TPSA) is 17.1 Å². The molecule has 0 bridgehead atoms. The summed E-state index contributed by atoms with van der Waals surface area (Å²) in [7, 11) is 0. The van der Waals surface area contributed by atoms with E-state index in [9.17, 15) is 18.0 Å². The Kier molecular flexibility index (Phi) is 8.02. The van der Waals surface area contributed by atoms with Crippen LogP contribution in [0.5, 0.6) is 0 Å². The van der Waals surface area contributed by atoms with Gasteiger partial charge in [0.15, 0.2) is 0 Å². The van der Waals surface area contributed by atoms with Crippen LogP contribution in [0.4, 0.5) is 13.2 Å². The monoisotopic (exact) mass is 364 g/mol. The van der Waals surface area contributed by atoms with E-state index in [1.54, 1.807) is 0 Å². The molecule has 0 N–H and O–H groups in total. The molecule has 2 aliphatic heterocycles. The number of carbonyl (C=O) groups is 1. The van der Waals surface area contributed by atoms with Gasteiger partial charge in [-0.3, -0.25) is 4.79 Å². The molecule has 2 fully saturated rings. The number of halogens is 3. The summed E-state index contributed by atoms with van der Waals surface area (Å²) in [6, 6.07) is 0. The Bertz CT molecular complexity index is 310. The minimum absolute atomic E-state index is 0.630. The molecule has 20 heavy (non-hydrogen) atoms. The molecule has 0 unspecified atom stereocenters. The maximum Gasteiger partial charge on any atom is 0.452 e. The Labute approximate surface area is 135 Å². The number of thioether (sulfide) groups is 4. The summed E-state index contributed by atoms with van der Waals surface area (Å²) in [5.41, 5.74) is 0. The summed E-state index contributed by atoms with van der Waals surface area (Å²) in [5, 5.41) is 0. The van der Waals surface area contributed by atoms with E-state index < -0.39 is 16.0 Å². The van der Waals surface area contributed by atoms with Crippen LogP contribution in [0.3, 0.4) is 0 Å². The summed E-state index contributed by atoms with van der Waals surface area (Å²) in [4.78, 5) is 11.0. The van der Waals surface area contributed by atoms with Gasteiger partial charge in [0.1, 0.15) is 4.08 Å². The highest BCUT2D eigenvalue weighted by molar-refractivity contribution is 8.19. The molecule has 0 amide bonds. The van der Waals surface area contributed by atoms with Gasteiger partial charge in [0.05, 0.1) is 0 Å². The Morgan fingerprint density at radius 1 is 1.05 bits per heavy atom.